The molecule has 4 rings (SSSR count). The lowest BCUT2D eigenvalue weighted by atomic mass is 10.1. The van der Waals surface area contributed by atoms with Gasteiger partial charge in [-0.1, -0.05) is 36.4 Å². The van der Waals surface area contributed by atoms with Gasteiger partial charge in [0, 0.05) is 24.5 Å². The van der Waals surface area contributed by atoms with E-state index in [0.29, 0.717) is 18.8 Å². The second kappa shape index (κ2) is 8.98. The second-order valence-electron chi connectivity index (χ2n) is 7.58. The van der Waals surface area contributed by atoms with Crippen LogP contribution in [0.25, 0.3) is 0 Å². The van der Waals surface area contributed by atoms with Crippen LogP contribution >= 0.6 is 11.8 Å². The van der Waals surface area contributed by atoms with Crippen molar-refractivity contribution < 1.29 is 14.7 Å². The first kappa shape index (κ1) is 19.9. The molecule has 2 aliphatic heterocycles. The Morgan fingerprint density at radius 3 is 2.86 bits per heavy atom. The molecule has 0 aliphatic carbocycles. The standard InChI is InChI=1S/C22H25N3O3S/c26-17-8-9-25(12-17)13-19(16-4-2-1-3-5-16)24-21(27)11-15-6-7-20-18(10-15)23-22(28)14-29-20/h1-7,10,17,19,26H,8-9,11-14H2,(H,23,28)(H,24,27)/t17-,19?/m0/s1. The van der Waals surface area contributed by atoms with Crippen molar-refractivity contribution in [3.8, 4) is 0 Å². The topological polar surface area (TPSA) is 81.7 Å². The first-order valence-electron chi connectivity index (χ1n) is 9.87. The normalized spacial score (nSPS) is 20.0. The predicted octanol–water partition coefficient (Wildman–Crippen LogP) is 2.20. The maximum atomic E-state index is 12.8. The van der Waals surface area contributed by atoms with E-state index in [9.17, 15) is 14.7 Å². The van der Waals surface area contributed by atoms with E-state index in [1.54, 1.807) is 0 Å². The number of hydrogen-bond acceptors (Lipinski definition) is 5. The van der Waals surface area contributed by atoms with Gasteiger partial charge in [0.2, 0.25) is 11.8 Å². The molecule has 0 spiro atoms. The molecule has 1 unspecified atom stereocenters. The molecule has 7 heteroatoms. The van der Waals surface area contributed by atoms with Crippen LogP contribution < -0.4 is 10.6 Å². The molecular formula is C22H25N3O3S. The van der Waals surface area contributed by atoms with Crippen molar-refractivity contribution in [2.75, 3.05) is 30.7 Å². The summed E-state index contributed by atoms with van der Waals surface area (Å²) >= 11 is 1.51. The van der Waals surface area contributed by atoms with Gasteiger partial charge in [-0.05, 0) is 29.7 Å². The molecule has 29 heavy (non-hydrogen) atoms. The van der Waals surface area contributed by atoms with Crippen LogP contribution in [0, 0.1) is 0 Å². The Hall–Kier alpha value is -2.35. The fourth-order valence-electron chi connectivity index (χ4n) is 3.83. The first-order chi connectivity index (χ1) is 14.1. The highest BCUT2D eigenvalue weighted by atomic mass is 32.2. The molecule has 152 valence electrons. The van der Waals surface area contributed by atoms with Crippen molar-refractivity contribution in [3.05, 3.63) is 59.7 Å². The Morgan fingerprint density at radius 2 is 2.10 bits per heavy atom. The number of aliphatic hydroxyl groups is 1. The van der Waals surface area contributed by atoms with E-state index in [0.717, 1.165) is 34.7 Å². The number of β-amino-alcohol motifs (C(OH)–C–C–N with tert-alkyl or cyclic N) is 1. The average Bonchev–Trinajstić information content (AvgIpc) is 3.12. The number of rotatable bonds is 6. The zero-order valence-corrected chi connectivity index (χ0v) is 17.0. The zero-order valence-electron chi connectivity index (χ0n) is 16.1. The molecule has 2 amide bonds. The van der Waals surface area contributed by atoms with Gasteiger partial charge in [0.15, 0.2) is 0 Å². The number of anilines is 1. The Bertz CT molecular complexity index is 890. The summed E-state index contributed by atoms with van der Waals surface area (Å²) in [5.74, 6) is 0.353. The minimum atomic E-state index is -0.286. The maximum absolute atomic E-state index is 12.8. The minimum Gasteiger partial charge on any atom is -0.392 e. The highest BCUT2D eigenvalue weighted by Gasteiger charge is 2.25. The molecule has 0 saturated carbocycles. The number of hydrogen-bond donors (Lipinski definition) is 3. The summed E-state index contributed by atoms with van der Waals surface area (Å²) in [7, 11) is 0. The van der Waals surface area contributed by atoms with Gasteiger partial charge in [0.25, 0.3) is 0 Å². The number of carbonyl (C=O) groups excluding carboxylic acids is 2. The summed E-state index contributed by atoms with van der Waals surface area (Å²) in [5, 5.41) is 15.8. The number of likely N-dealkylation sites (tertiary alicyclic amines) is 1. The van der Waals surface area contributed by atoms with Crippen molar-refractivity contribution in [1.29, 1.82) is 0 Å². The molecular weight excluding hydrogens is 386 g/mol. The smallest absolute Gasteiger partial charge is 0.234 e. The summed E-state index contributed by atoms with van der Waals surface area (Å²) < 4.78 is 0. The van der Waals surface area contributed by atoms with Crippen molar-refractivity contribution in [2.45, 2.75) is 29.9 Å². The molecule has 2 aromatic carbocycles. The molecule has 0 aromatic heterocycles. The molecule has 1 fully saturated rings. The highest BCUT2D eigenvalue weighted by Crippen LogP contribution is 2.32. The summed E-state index contributed by atoms with van der Waals surface area (Å²) in [4.78, 5) is 27.6. The van der Waals surface area contributed by atoms with Crippen LogP contribution in [0.2, 0.25) is 0 Å². The SMILES string of the molecule is O=C1CSc2ccc(CC(=O)NC(CN3CC[C@H](O)C3)c3ccccc3)cc2N1. The van der Waals surface area contributed by atoms with E-state index in [1.165, 1.54) is 11.8 Å². The number of nitrogens with zero attached hydrogens (tertiary/aromatic N) is 1. The highest BCUT2D eigenvalue weighted by molar-refractivity contribution is 8.00. The van der Waals surface area contributed by atoms with E-state index < -0.39 is 0 Å². The van der Waals surface area contributed by atoms with Gasteiger partial charge in [-0.2, -0.15) is 0 Å². The fourth-order valence-corrected chi connectivity index (χ4v) is 4.62. The molecule has 2 heterocycles. The summed E-state index contributed by atoms with van der Waals surface area (Å²) in [5.41, 5.74) is 2.70. The van der Waals surface area contributed by atoms with E-state index in [-0.39, 0.29) is 30.4 Å². The molecule has 1 saturated heterocycles. The third kappa shape index (κ3) is 5.18. The molecule has 2 aromatic rings. The molecule has 3 N–H and O–H groups in total. The Labute approximate surface area is 174 Å². The second-order valence-corrected chi connectivity index (χ2v) is 8.59. The van der Waals surface area contributed by atoms with Gasteiger partial charge in [0.1, 0.15) is 0 Å². The summed E-state index contributed by atoms with van der Waals surface area (Å²) in [6.45, 7) is 2.15. The quantitative estimate of drug-likeness (QED) is 0.679. The van der Waals surface area contributed by atoms with Crippen LogP contribution in [-0.2, 0) is 16.0 Å². The average molecular weight is 412 g/mol. The molecule has 2 atom stereocenters. The zero-order chi connectivity index (χ0) is 20.2. The maximum Gasteiger partial charge on any atom is 0.234 e. The van der Waals surface area contributed by atoms with Crippen LogP contribution in [0.5, 0.6) is 0 Å². The first-order valence-corrected chi connectivity index (χ1v) is 10.9. The van der Waals surface area contributed by atoms with Gasteiger partial charge in [0.05, 0.1) is 30.0 Å². The number of benzene rings is 2. The molecule has 0 bridgehead atoms. The van der Waals surface area contributed by atoms with Crippen molar-refractivity contribution >= 4 is 29.3 Å². The van der Waals surface area contributed by atoms with E-state index >= 15 is 0 Å². The lowest BCUT2D eigenvalue weighted by Crippen LogP contribution is -2.38. The molecule has 0 radical (unpaired) electrons. The fraction of sp³-hybridized carbons (Fsp3) is 0.364. The van der Waals surface area contributed by atoms with Crippen LogP contribution in [0.15, 0.2) is 53.4 Å². The third-order valence-corrected chi connectivity index (χ3v) is 6.34. The molecule has 2 aliphatic rings. The lowest BCUT2D eigenvalue weighted by molar-refractivity contribution is -0.121. The number of aliphatic hydroxyl groups excluding tert-OH is 1. The van der Waals surface area contributed by atoms with Crippen molar-refractivity contribution in [1.82, 2.24) is 10.2 Å². The van der Waals surface area contributed by atoms with Crippen molar-refractivity contribution in [3.63, 3.8) is 0 Å². The van der Waals surface area contributed by atoms with Crippen LogP contribution in [0.3, 0.4) is 0 Å². The van der Waals surface area contributed by atoms with E-state index in [1.807, 2.05) is 48.5 Å². The van der Waals surface area contributed by atoms with Gasteiger partial charge >= 0.3 is 0 Å². The van der Waals surface area contributed by atoms with Gasteiger partial charge in [-0.3, -0.25) is 14.5 Å². The summed E-state index contributed by atoms with van der Waals surface area (Å²) in [6.07, 6.45) is 0.736. The van der Waals surface area contributed by atoms with Crippen molar-refractivity contribution in [2.24, 2.45) is 0 Å². The largest absolute Gasteiger partial charge is 0.392 e. The minimum absolute atomic E-state index is 0.0129. The summed E-state index contributed by atoms with van der Waals surface area (Å²) in [6, 6.07) is 15.6. The lowest BCUT2D eigenvalue weighted by Gasteiger charge is -2.25. The van der Waals surface area contributed by atoms with Crippen LogP contribution in [0.1, 0.15) is 23.6 Å². The van der Waals surface area contributed by atoms with Gasteiger partial charge < -0.3 is 15.7 Å². The number of carbonyl (C=O) groups is 2. The van der Waals surface area contributed by atoms with Gasteiger partial charge in [-0.25, -0.2) is 0 Å². The number of thioether (sulfide) groups is 1. The predicted molar refractivity (Wildman–Crippen MR) is 114 cm³/mol. The monoisotopic (exact) mass is 411 g/mol. The van der Waals surface area contributed by atoms with Gasteiger partial charge in [-0.15, -0.1) is 11.8 Å². The Balaban J connectivity index is 1.43. The van der Waals surface area contributed by atoms with Crippen LogP contribution in [0.4, 0.5) is 5.69 Å². The number of fused-ring (bicyclic) bond motifs is 1. The number of nitrogens with one attached hydrogen (secondary N) is 2. The molecule has 6 nitrogen and oxygen atoms in total. The van der Waals surface area contributed by atoms with E-state index in [4.69, 9.17) is 0 Å². The Morgan fingerprint density at radius 1 is 1.28 bits per heavy atom. The number of amides is 2. The third-order valence-electron chi connectivity index (χ3n) is 5.27. The Kier molecular flexibility index (Phi) is 6.18. The van der Waals surface area contributed by atoms with E-state index in [2.05, 4.69) is 15.5 Å². The van der Waals surface area contributed by atoms with Crippen LogP contribution in [-0.4, -0.2) is 53.3 Å².